The highest BCUT2D eigenvalue weighted by Gasteiger charge is 2.23. The van der Waals surface area contributed by atoms with E-state index in [9.17, 15) is 19.4 Å². The van der Waals surface area contributed by atoms with Crippen molar-refractivity contribution in [3.8, 4) is 0 Å². The molecule has 9 heteroatoms. The van der Waals surface area contributed by atoms with Gasteiger partial charge in [0.2, 0.25) is 5.91 Å². The number of likely N-dealkylation sites (N-methyl/N-ethyl adjacent to an activating group) is 1. The van der Waals surface area contributed by atoms with Crippen LogP contribution in [0.25, 0.3) is 0 Å². The lowest BCUT2D eigenvalue weighted by Gasteiger charge is -2.29. The Morgan fingerprint density at radius 3 is 0.893 bits per heavy atom. The maximum absolute atomic E-state index is 13.0. The Labute approximate surface area is 526 Å². The molecule has 0 aliphatic carbocycles. The number of aliphatic hydroxyl groups is 1. The van der Waals surface area contributed by atoms with Crippen LogP contribution in [0.2, 0.25) is 0 Å². The molecule has 0 aliphatic heterocycles. The largest absolute Gasteiger partial charge is 0.756 e. The maximum atomic E-state index is 13.0. The molecular formula is C75H151N2O6P. The fourth-order valence-electron chi connectivity index (χ4n) is 12.1. The minimum atomic E-state index is -4.60. The molecule has 84 heavy (non-hydrogen) atoms. The molecule has 3 atom stereocenters. The van der Waals surface area contributed by atoms with E-state index in [-0.39, 0.29) is 19.1 Å². The van der Waals surface area contributed by atoms with Gasteiger partial charge in [0.1, 0.15) is 13.2 Å². The van der Waals surface area contributed by atoms with E-state index in [1.54, 1.807) is 6.08 Å². The summed E-state index contributed by atoms with van der Waals surface area (Å²) in [6, 6.07) is -0.884. The monoisotopic (exact) mass is 1210 g/mol. The summed E-state index contributed by atoms with van der Waals surface area (Å²) < 4.78 is 23.5. The second kappa shape index (κ2) is 66.7. The van der Waals surface area contributed by atoms with Crippen molar-refractivity contribution < 1.29 is 32.9 Å². The molecule has 2 N–H and O–H groups in total. The van der Waals surface area contributed by atoms with E-state index in [2.05, 4.69) is 19.2 Å². The summed E-state index contributed by atoms with van der Waals surface area (Å²) in [5, 5.41) is 14.0. The molecule has 0 saturated carbocycles. The summed E-state index contributed by atoms with van der Waals surface area (Å²) in [6.45, 7) is 4.72. The summed E-state index contributed by atoms with van der Waals surface area (Å²) >= 11 is 0. The molecular weight excluding hydrogens is 1060 g/mol. The third-order valence-corrected chi connectivity index (χ3v) is 19.0. The van der Waals surface area contributed by atoms with Crippen LogP contribution in [0.5, 0.6) is 0 Å². The minimum Gasteiger partial charge on any atom is -0.756 e. The quantitative estimate of drug-likeness (QED) is 0.0272. The first-order valence-electron chi connectivity index (χ1n) is 38.1. The number of carbonyl (C=O) groups is 1. The Bertz CT molecular complexity index is 1370. The Balaban J connectivity index is 3.86. The Hall–Kier alpha value is -0.760. The molecule has 0 heterocycles. The number of rotatable bonds is 72. The van der Waals surface area contributed by atoms with Gasteiger partial charge in [-0.15, -0.1) is 0 Å². The van der Waals surface area contributed by atoms with Gasteiger partial charge in [-0.3, -0.25) is 9.36 Å². The molecule has 0 radical (unpaired) electrons. The summed E-state index contributed by atoms with van der Waals surface area (Å²) in [5.41, 5.74) is 0. The van der Waals surface area contributed by atoms with Gasteiger partial charge in [0.25, 0.3) is 7.82 Å². The van der Waals surface area contributed by atoms with Crippen molar-refractivity contribution in [1.29, 1.82) is 0 Å². The molecule has 502 valence electrons. The number of carbonyl (C=O) groups excluding carboxylic acids is 1. The molecule has 0 aromatic rings. The number of nitrogens with zero attached hydrogens (tertiary/aromatic N) is 1. The lowest BCUT2D eigenvalue weighted by atomic mass is 10.0. The fourth-order valence-corrected chi connectivity index (χ4v) is 12.8. The number of hydrogen-bond donors (Lipinski definition) is 2. The lowest BCUT2D eigenvalue weighted by molar-refractivity contribution is -0.870. The summed E-state index contributed by atoms with van der Waals surface area (Å²) in [7, 11) is 1.29. The van der Waals surface area contributed by atoms with E-state index in [0.29, 0.717) is 17.4 Å². The van der Waals surface area contributed by atoms with Gasteiger partial charge in [0.15, 0.2) is 0 Å². The van der Waals surface area contributed by atoms with Crippen LogP contribution in [0.3, 0.4) is 0 Å². The molecule has 0 aromatic carbocycles. The second-order valence-corrected chi connectivity index (χ2v) is 29.1. The number of phosphoric ester groups is 1. The summed E-state index contributed by atoms with van der Waals surface area (Å²) in [6.07, 6.45) is 86.6. The Kier molecular flexibility index (Phi) is 66.1. The molecule has 0 aliphatic rings. The van der Waals surface area contributed by atoms with Gasteiger partial charge >= 0.3 is 0 Å². The van der Waals surface area contributed by atoms with Crippen molar-refractivity contribution in [2.75, 3.05) is 40.9 Å². The lowest BCUT2D eigenvalue weighted by Crippen LogP contribution is -2.45. The number of nitrogens with one attached hydrogen (secondary N) is 1. The average molecular weight is 1210 g/mol. The van der Waals surface area contributed by atoms with Crippen molar-refractivity contribution in [3.63, 3.8) is 0 Å². The number of hydrogen-bond acceptors (Lipinski definition) is 6. The van der Waals surface area contributed by atoms with E-state index in [4.69, 9.17) is 9.05 Å². The molecule has 0 bridgehead atoms. The van der Waals surface area contributed by atoms with Crippen LogP contribution >= 0.6 is 7.82 Å². The van der Waals surface area contributed by atoms with Crippen LogP contribution in [0.1, 0.15) is 412 Å². The standard InChI is InChI=1S/C75H151N2O6P/c1-6-8-10-12-14-16-18-20-22-24-26-28-29-30-31-32-33-34-35-36-37-38-39-40-41-42-43-44-45-46-47-49-51-53-55-57-59-61-63-65-67-69-75(79)76-73(72-83-84(80,81)82-71-70-77(3,4)5)74(78)68-66-64-62-60-58-56-54-52-50-48-27-25-23-21-19-17-15-13-11-9-7-2/h66,68,73-74,78H,6-65,67,69-72H2,1-5H3,(H-,76,79,80,81)/b68-66+. The molecule has 0 fully saturated rings. The van der Waals surface area contributed by atoms with E-state index in [1.807, 2.05) is 27.2 Å². The first-order chi connectivity index (χ1) is 41.0. The predicted molar refractivity (Wildman–Crippen MR) is 367 cm³/mol. The smallest absolute Gasteiger partial charge is 0.268 e. The second-order valence-electron chi connectivity index (χ2n) is 27.7. The zero-order chi connectivity index (χ0) is 61.2. The first kappa shape index (κ1) is 83.2. The number of aliphatic hydroxyl groups excluding tert-OH is 1. The number of amides is 1. The SMILES string of the molecule is CCCCCCCCCCCCCCCCCCCCC/C=C/C(O)C(COP(=O)([O-])OCC[N+](C)(C)C)NC(=O)CCCCCCCCCCCCCCCCCCCCCCCCCCCCCCCCCCCCCCCCCCC. The molecule has 0 saturated heterocycles. The van der Waals surface area contributed by atoms with Crippen molar-refractivity contribution in [2.24, 2.45) is 0 Å². The third-order valence-electron chi connectivity index (χ3n) is 18.0. The van der Waals surface area contributed by atoms with Crippen LogP contribution < -0.4 is 10.2 Å². The highest BCUT2D eigenvalue weighted by atomic mass is 31.2. The van der Waals surface area contributed by atoms with Crippen LogP contribution in [-0.4, -0.2) is 68.5 Å². The zero-order valence-electron chi connectivity index (χ0n) is 57.7. The highest BCUT2D eigenvalue weighted by molar-refractivity contribution is 7.45. The summed E-state index contributed by atoms with van der Waals surface area (Å²) in [5.74, 6) is -0.187. The molecule has 1 amide bonds. The Morgan fingerprint density at radius 2 is 0.643 bits per heavy atom. The molecule has 0 aromatic heterocycles. The van der Waals surface area contributed by atoms with Gasteiger partial charge in [-0.05, 0) is 19.3 Å². The van der Waals surface area contributed by atoms with Gasteiger partial charge in [-0.1, -0.05) is 398 Å². The number of unbranched alkanes of at least 4 members (excludes halogenated alkanes) is 59. The van der Waals surface area contributed by atoms with Gasteiger partial charge in [0.05, 0.1) is 39.9 Å². The highest BCUT2D eigenvalue weighted by Crippen LogP contribution is 2.38. The van der Waals surface area contributed by atoms with E-state index < -0.39 is 20.0 Å². The van der Waals surface area contributed by atoms with E-state index in [0.717, 1.165) is 38.5 Å². The van der Waals surface area contributed by atoms with Gasteiger partial charge in [-0.2, -0.15) is 0 Å². The van der Waals surface area contributed by atoms with Crippen molar-refractivity contribution in [2.45, 2.75) is 424 Å². The van der Waals surface area contributed by atoms with Crippen molar-refractivity contribution >= 4 is 13.7 Å². The van der Waals surface area contributed by atoms with Crippen molar-refractivity contribution in [1.82, 2.24) is 5.32 Å². The maximum Gasteiger partial charge on any atom is 0.268 e. The molecule has 3 unspecified atom stereocenters. The van der Waals surface area contributed by atoms with Crippen LogP contribution in [0.4, 0.5) is 0 Å². The van der Waals surface area contributed by atoms with E-state index >= 15 is 0 Å². The predicted octanol–water partition coefficient (Wildman–Crippen LogP) is 23.8. The number of quaternary nitrogens is 1. The first-order valence-corrected chi connectivity index (χ1v) is 39.5. The van der Waals surface area contributed by atoms with Gasteiger partial charge < -0.3 is 28.8 Å². The van der Waals surface area contributed by atoms with E-state index in [1.165, 1.54) is 353 Å². The van der Waals surface area contributed by atoms with Crippen LogP contribution in [0, 0.1) is 0 Å². The average Bonchev–Trinajstić information content (AvgIpc) is 3.56. The van der Waals surface area contributed by atoms with Gasteiger partial charge in [0, 0.05) is 6.42 Å². The van der Waals surface area contributed by atoms with Crippen molar-refractivity contribution in [3.05, 3.63) is 12.2 Å². The van der Waals surface area contributed by atoms with Crippen LogP contribution in [0.15, 0.2) is 12.2 Å². The fraction of sp³-hybridized carbons (Fsp3) is 0.960. The zero-order valence-corrected chi connectivity index (χ0v) is 58.5. The molecule has 8 nitrogen and oxygen atoms in total. The third kappa shape index (κ3) is 68.7. The van der Waals surface area contributed by atoms with Crippen LogP contribution in [-0.2, 0) is 18.4 Å². The Morgan fingerprint density at radius 1 is 0.405 bits per heavy atom. The number of allylic oxidation sites excluding steroid dienone is 1. The summed E-state index contributed by atoms with van der Waals surface area (Å²) in [4.78, 5) is 25.6. The molecule has 0 spiro atoms. The molecule has 0 rings (SSSR count). The van der Waals surface area contributed by atoms with Gasteiger partial charge in [-0.25, -0.2) is 0 Å². The normalized spacial score (nSPS) is 13.6. The topological polar surface area (TPSA) is 108 Å². The number of phosphoric acid groups is 1. The minimum absolute atomic E-state index is 0.00298.